The molecule has 2 rings (SSSR count). The Morgan fingerprint density at radius 3 is 2.81 bits per heavy atom. The average molecular weight is 244 g/mol. The van der Waals surface area contributed by atoms with Crippen molar-refractivity contribution in [1.29, 1.82) is 0 Å². The summed E-state index contributed by atoms with van der Waals surface area (Å²) in [7, 11) is -3.66. The molecule has 1 aromatic rings. The number of primary sulfonamides is 1. The second kappa shape index (κ2) is 4.12. The standard InChI is InChI=1S/C10H13FN2O2S/c11-5-9-3-7-1-2-10(16(12,14)15)4-8(7)6-13-9/h1-2,4,9,13H,3,5-6H2,(H2,12,14,15)/t9-/m0/s1. The molecule has 1 heterocycles. The molecule has 3 N–H and O–H groups in total. The number of alkyl halides is 1. The second-order valence-electron chi connectivity index (χ2n) is 3.91. The van der Waals surface area contributed by atoms with Crippen molar-refractivity contribution < 1.29 is 12.8 Å². The molecule has 88 valence electrons. The van der Waals surface area contributed by atoms with Gasteiger partial charge in [0.15, 0.2) is 0 Å². The first-order valence-corrected chi connectivity index (χ1v) is 6.49. The molecule has 0 saturated heterocycles. The number of rotatable bonds is 2. The quantitative estimate of drug-likeness (QED) is 0.787. The van der Waals surface area contributed by atoms with Crippen LogP contribution in [-0.2, 0) is 23.0 Å². The first kappa shape index (κ1) is 11.5. The van der Waals surface area contributed by atoms with E-state index in [4.69, 9.17) is 5.14 Å². The van der Waals surface area contributed by atoms with Gasteiger partial charge in [0.1, 0.15) is 6.67 Å². The lowest BCUT2D eigenvalue weighted by molar-refractivity contribution is 0.358. The van der Waals surface area contributed by atoms with Crippen molar-refractivity contribution in [1.82, 2.24) is 5.32 Å². The molecule has 0 radical (unpaired) electrons. The van der Waals surface area contributed by atoms with Gasteiger partial charge in [0.05, 0.1) is 4.90 Å². The number of sulfonamides is 1. The highest BCUT2D eigenvalue weighted by atomic mass is 32.2. The maximum Gasteiger partial charge on any atom is 0.238 e. The highest BCUT2D eigenvalue weighted by Gasteiger charge is 2.19. The molecule has 0 amide bonds. The number of hydrogen-bond acceptors (Lipinski definition) is 3. The smallest absolute Gasteiger partial charge is 0.238 e. The molecule has 0 spiro atoms. The van der Waals surface area contributed by atoms with Crippen molar-refractivity contribution in [2.24, 2.45) is 5.14 Å². The Bertz CT molecular complexity index is 502. The van der Waals surface area contributed by atoms with E-state index >= 15 is 0 Å². The van der Waals surface area contributed by atoms with Crippen molar-refractivity contribution >= 4 is 10.0 Å². The molecule has 16 heavy (non-hydrogen) atoms. The van der Waals surface area contributed by atoms with E-state index in [1.165, 1.54) is 6.07 Å². The van der Waals surface area contributed by atoms with E-state index in [2.05, 4.69) is 5.32 Å². The van der Waals surface area contributed by atoms with Gasteiger partial charge in [-0.1, -0.05) is 6.07 Å². The number of benzene rings is 1. The van der Waals surface area contributed by atoms with Crippen molar-refractivity contribution in [3.05, 3.63) is 29.3 Å². The molecule has 0 unspecified atom stereocenters. The summed E-state index contributed by atoms with van der Waals surface area (Å²) in [6.07, 6.45) is 0.580. The third kappa shape index (κ3) is 2.23. The molecule has 1 aromatic carbocycles. The van der Waals surface area contributed by atoms with Crippen LogP contribution in [0.5, 0.6) is 0 Å². The fourth-order valence-electron chi connectivity index (χ4n) is 1.84. The van der Waals surface area contributed by atoms with Gasteiger partial charge in [-0.05, 0) is 29.7 Å². The van der Waals surface area contributed by atoms with Gasteiger partial charge in [-0.15, -0.1) is 0 Å². The van der Waals surface area contributed by atoms with Crippen LogP contribution in [0.3, 0.4) is 0 Å². The van der Waals surface area contributed by atoms with E-state index < -0.39 is 16.7 Å². The fourth-order valence-corrected chi connectivity index (χ4v) is 2.41. The van der Waals surface area contributed by atoms with Gasteiger partial charge in [0.25, 0.3) is 0 Å². The number of nitrogens with two attached hydrogens (primary N) is 1. The van der Waals surface area contributed by atoms with Crippen LogP contribution in [0, 0.1) is 0 Å². The normalized spacial score (nSPS) is 20.5. The average Bonchev–Trinajstić information content (AvgIpc) is 2.26. The Balaban J connectivity index is 2.35. The lowest BCUT2D eigenvalue weighted by Crippen LogP contribution is -2.37. The van der Waals surface area contributed by atoms with E-state index in [0.29, 0.717) is 13.0 Å². The van der Waals surface area contributed by atoms with Crippen molar-refractivity contribution in [3.63, 3.8) is 0 Å². The van der Waals surface area contributed by atoms with E-state index in [1.807, 2.05) is 0 Å². The lowest BCUT2D eigenvalue weighted by atomic mass is 9.96. The minimum atomic E-state index is -3.66. The first-order chi connectivity index (χ1) is 7.50. The van der Waals surface area contributed by atoms with E-state index in [-0.39, 0.29) is 10.9 Å². The summed E-state index contributed by atoms with van der Waals surface area (Å²) in [6, 6.07) is 4.55. The zero-order valence-corrected chi connectivity index (χ0v) is 9.43. The van der Waals surface area contributed by atoms with Crippen molar-refractivity contribution in [2.45, 2.75) is 23.9 Å². The summed E-state index contributed by atoms with van der Waals surface area (Å²) in [5.74, 6) is 0. The topological polar surface area (TPSA) is 72.2 Å². The number of nitrogens with one attached hydrogen (secondary N) is 1. The van der Waals surface area contributed by atoms with Gasteiger partial charge >= 0.3 is 0 Å². The Morgan fingerprint density at radius 1 is 1.44 bits per heavy atom. The van der Waals surface area contributed by atoms with Crippen molar-refractivity contribution in [2.75, 3.05) is 6.67 Å². The van der Waals surface area contributed by atoms with Gasteiger partial charge in [-0.2, -0.15) is 0 Å². The predicted octanol–water partition coefficient (Wildman–Crippen LogP) is 0.318. The van der Waals surface area contributed by atoms with Crippen LogP contribution in [0.2, 0.25) is 0 Å². The lowest BCUT2D eigenvalue weighted by Gasteiger charge is -2.24. The SMILES string of the molecule is NS(=O)(=O)c1ccc2c(c1)CN[C@H](CF)C2. The van der Waals surface area contributed by atoms with Gasteiger partial charge in [0, 0.05) is 12.6 Å². The molecule has 0 aliphatic carbocycles. The Hall–Kier alpha value is -0.980. The summed E-state index contributed by atoms with van der Waals surface area (Å²) < 4.78 is 34.7. The Kier molecular flexibility index (Phi) is 2.96. The summed E-state index contributed by atoms with van der Waals surface area (Å²) in [5, 5.41) is 8.03. The van der Waals surface area contributed by atoms with Gasteiger partial charge in [-0.3, -0.25) is 0 Å². The molecule has 1 atom stereocenters. The molecule has 1 aliphatic rings. The molecular weight excluding hydrogens is 231 g/mol. The van der Waals surface area contributed by atoms with Crippen LogP contribution in [0.1, 0.15) is 11.1 Å². The number of fused-ring (bicyclic) bond motifs is 1. The summed E-state index contributed by atoms with van der Waals surface area (Å²) in [6.45, 7) is 0.0592. The fraction of sp³-hybridized carbons (Fsp3) is 0.400. The summed E-state index contributed by atoms with van der Waals surface area (Å²) in [5.41, 5.74) is 1.85. The van der Waals surface area contributed by atoms with Crippen LogP contribution >= 0.6 is 0 Å². The minimum Gasteiger partial charge on any atom is -0.307 e. The van der Waals surface area contributed by atoms with E-state index in [9.17, 15) is 12.8 Å². The monoisotopic (exact) mass is 244 g/mol. The molecule has 0 aromatic heterocycles. The molecule has 1 aliphatic heterocycles. The maximum atomic E-state index is 12.5. The predicted molar refractivity (Wildman–Crippen MR) is 58.1 cm³/mol. The molecule has 0 fully saturated rings. The molecule has 6 heteroatoms. The highest BCUT2D eigenvalue weighted by Crippen LogP contribution is 2.20. The van der Waals surface area contributed by atoms with E-state index in [0.717, 1.165) is 11.1 Å². The van der Waals surface area contributed by atoms with Gasteiger partial charge in [-0.25, -0.2) is 17.9 Å². The molecule has 4 nitrogen and oxygen atoms in total. The third-order valence-corrected chi connectivity index (χ3v) is 3.65. The second-order valence-corrected chi connectivity index (χ2v) is 5.47. The highest BCUT2D eigenvalue weighted by molar-refractivity contribution is 7.89. The molecule has 0 bridgehead atoms. The van der Waals surface area contributed by atoms with Gasteiger partial charge in [0.2, 0.25) is 10.0 Å². The first-order valence-electron chi connectivity index (χ1n) is 4.94. The van der Waals surface area contributed by atoms with Crippen LogP contribution in [0.4, 0.5) is 4.39 Å². The number of halogens is 1. The van der Waals surface area contributed by atoms with Crippen LogP contribution in [0.25, 0.3) is 0 Å². The molecule has 0 saturated carbocycles. The Labute approximate surface area is 93.7 Å². The zero-order valence-electron chi connectivity index (χ0n) is 8.61. The third-order valence-electron chi connectivity index (χ3n) is 2.74. The zero-order chi connectivity index (χ0) is 11.8. The molecular formula is C10H13FN2O2S. The minimum absolute atomic E-state index is 0.103. The summed E-state index contributed by atoms with van der Waals surface area (Å²) in [4.78, 5) is 0.103. The number of hydrogen-bond donors (Lipinski definition) is 2. The van der Waals surface area contributed by atoms with E-state index in [1.54, 1.807) is 12.1 Å². The largest absolute Gasteiger partial charge is 0.307 e. The van der Waals surface area contributed by atoms with Crippen LogP contribution < -0.4 is 10.5 Å². The maximum absolute atomic E-state index is 12.5. The van der Waals surface area contributed by atoms with Crippen LogP contribution in [-0.4, -0.2) is 21.1 Å². The van der Waals surface area contributed by atoms with Crippen LogP contribution in [0.15, 0.2) is 23.1 Å². The van der Waals surface area contributed by atoms with Gasteiger partial charge < -0.3 is 5.32 Å². The Morgan fingerprint density at radius 2 is 2.19 bits per heavy atom. The van der Waals surface area contributed by atoms with Crippen molar-refractivity contribution in [3.8, 4) is 0 Å². The summed E-state index contributed by atoms with van der Waals surface area (Å²) >= 11 is 0.